The summed E-state index contributed by atoms with van der Waals surface area (Å²) in [5.41, 5.74) is -0.655. The minimum Gasteiger partial charge on any atom is -0.478 e. The predicted octanol–water partition coefficient (Wildman–Crippen LogP) is 3.29. The van der Waals surface area contributed by atoms with Crippen molar-refractivity contribution in [3.8, 4) is 0 Å². The molecular formula is C29H25N3O8. The molecule has 2 amide bonds. The Morgan fingerprint density at radius 1 is 1.02 bits per heavy atom. The zero-order chi connectivity index (χ0) is 28.6. The third kappa shape index (κ3) is 4.39. The molecule has 11 heteroatoms. The molecule has 40 heavy (non-hydrogen) atoms. The summed E-state index contributed by atoms with van der Waals surface area (Å²) in [6.45, 7) is 1.66. The molecule has 5 rings (SSSR count). The SMILES string of the molecule is CCOC(=O)[C@@]1(Cc2ccccc2)N[C@@H](c2cccc([N+](=O)[O-])c2)[C@H]2C(=O)N(c3ccc(C(=O)O)cc3)C(=O)[C@H]21. The van der Waals surface area contributed by atoms with E-state index < -0.39 is 52.1 Å². The predicted molar refractivity (Wildman–Crippen MR) is 141 cm³/mol. The van der Waals surface area contributed by atoms with Crippen LogP contribution in [-0.4, -0.2) is 45.9 Å². The quantitative estimate of drug-likeness (QED) is 0.188. The van der Waals surface area contributed by atoms with Gasteiger partial charge in [0.25, 0.3) is 5.69 Å². The summed E-state index contributed by atoms with van der Waals surface area (Å²) in [7, 11) is 0. The lowest BCUT2D eigenvalue weighted by atomic mass is 9.76. The van der Waals surface area contributed by atoms with E-state index >= 15 is 0 Å². The number of hydrogen-bond donors (Lipinski definition) is 2. The first-order valence-electron chi connectivity index (χ1n) is 12.6. The van der Waals surface area contributed by atoms with E-state index in [1.54, 1.807) is 37.3 Å². The number of nitrogens with one attached hydrogen (secondary N) is 1. The number of carbonyl (C=O) groups excluding carboxylic acids is 3. The number of benzene rings is 3. The van der Waals surface area contributed by atoms with Gasteiger partial charge in [0.1, 0.15) is 5.54 Å². The van der Waals surface area contributed by atoms with Crippen LogP contribution in [0.3, 0.4) is 0 Å². The normalized spacial score (nSPS) is 23.6. The summed E-state index contributed by atoms with van der Waals surface area (Å²) in [6.07, 6.45) is 0.0179. The van der Waals surface area contributed by atoms with Gasteiger partial charge in [0.15, 0.2) is 0 Å². The molecule has 0 spiro atoms. The number of ether oxygens (including phenoxy) is 1. The minimum atomic E-state index is -1.67. The van der Waals surface area contributed by atoms with Gasteiger partial charge in [0.2, 0.25) is 11.8 Å². The fraction of sp³-hybridized carbons (Fsp3) is 0.241. The minimum absolute atomic E-state index is 0.0179. The zero-order valence-electron chi connectivity index (χ0n) is 21.4. The van der Waals surface area contributed by atoms with Crippen molar-refractivity contribution in [2.24, 2.45) is 11.8 Å². The second-order valence-corrected chi connectivity index (χ2v) is 9.70. The Hall–Kier alpha value is -4.90. The molecule has 3 aromatic carbocycles. The second-order valence-electron chi connectivity index (χ2n) is 9.70. The number of imide groups is 1. The van der Waals surface area contributed by atoms with Crippen molar-refractivity contribution in [2.45, 2.75) is 24.9 Å². The van der Waals surface area contributed by atoms with Crippen molar-refractivity contribution >= 4 is 35.1 Å². The Morgan fingerprint density at radius 2 is 1.73 bits per heavy atom. The van der Waals surface area contributed by atoms with Crippen molar-refractivity contribution in [1.82, 2.24) is 5.32 Å². The maximum Gasteiger partial charge on any atom is 0.335 e. The van der Waals surface area contributed by atoms with Crippen molar-refractivity contribution in [1.29, 1.82) is 0 Å². The number of aromatic carboxylic acids is 1. The van der Waals surface area contributed by atoms with E-state index in [1.807, 2.05) is 6.07 Å². The second kappa shape index (κ2) is 10.3. The van der Waals surface area contributed by atoms with Crippen molar-refractivity contribution in [3.63, 3.8) is 0 Å². The van der Waals surface area contributed by atoms with Gasteiger partial charge in [0.05, 0.1) is 34.6 Å². The van der Waals surface area contributed by atoms with Crippen LogP contribution in [0.15, 0.2) is 78.9 Å². The summed E-state index contributed by atoms with van der Waals surface area (Å²) in [4.78, 5) is 65.1. The number of esters is 1. The number of nitro groups is 1. The molecule has 2 aliphatic heterocycles. The molecule has 2 fully saturated rings. The summed E-state index contributed by atoms with van der Waals surface area (Å²) in [6, 6.07) is 19.0. The van der Waals surface area contributed by atoms with Crippen molar-refractivity contribution in [2.75, 3.05) is 11.5 Å². The number of non-ortho nitro benzene ring substituents is 1. The van der Waals surface area contributed by atoms with Gasteiger partial charge >= 0.3 is 11.9 Å². The number of carbonyl (C=O) groups is 4. The van der Waals surface area contributed by atoms with Gasteiger partial charge in [0, 0.05) is 24.6 Å². The monoisotopic (exact) mass is 543 g/mol. The molecule has 3 aromatic rings. The van der Waals surface area contributed by atoms with Crippen LogP contribution in [0.25, 0.3) is 0 Å². The molecule has 0 aliphatic carbocycles. The van der Waals surface area contributed by atoms with Crippen LogP contribution in [0.4, 0.5) is 11.4 Å². The number of hydrogen-bond acceptors (Lipinski definition) is 8. The average molecular weight is 544 g/mol. The molecule has 2 aliphatic rings. The molecule has 0 bridgehead atoms. The largest absolute Gasteiger partial charge is 0.478 e. The number of amides is 2. The summed E-state index contributed by atoms with van der Waals surface area (Å²) < 4.78 is 5.47. The van der Waals surface area contributed by atoms with Crippen LogP contribution in [-0.2, 0) is 25.5 Å². The van der Waals surface area contributed by atoms with Gasteiger partial charge in [-0.15, -0.1) is 0 Å². The number of carboxylic acids is 1. The maximum atomic E-state index is 14.1. The number of nitro benzene ring substituents is 1. The molecule has 0 radical (unpaired) electrons. The summed E-state index contributed by atoms with van der Waals surface area (Å²) in [5, 5.41) is 24.0. The van der Waals surface area contributed by atoms with Gasteiger partial charge < -0.3 is 9.84 Å². The number of nitrogens with zero attached hydrogens (tertiary/aromatic N) is 2. The van der Waals surface area contributed by atoms with Gasteiger partial charge in [-0.25, -0.2) is 9.69 Å². The Morgan fingerprint density at radius 3 is 2.35 bits per heavy atom. The van der Waals surface area contributed by atoms with Gasteiger partial charge in [-0.3, -0.25) is 29.8 Å². The van der Waals surface area contributed by atoms with Crippen LogP contribution in [0.5, 0.6) is 0 Å². The Bertz CT molecular complexity index is 1510. The van der Waals surface area contributed by atoms with Crippen molar-refractivity contribution < 1.29 is 33.9 Å². The summed E-state index contributed by atoms with van der Waals surface area (Å²) >= 11 is 0. The Balaban J connectivity index is 1.67. The first-order valence-corrected chi connectivity index (χ1v) is 12.6. The highest BCUT2D eigenvalue weighted by Crippen LogP contribution is 2.51. The van der Waals surface area contributed by atoms with E-state index in [0.717, 1.165) is 4.90 Å². The van der Waals surface area contributed by atoms with E-state index in [1.165, 1.54) is 42.5 Å². The summed E-state index contributed by atoms with van der Waals surface area (Å²) in [5.74, 6) is -5.44. The highest BCUT2D eigenvalue weighted by molar-refractivity contribution is 6.24. The lowest BCUT2D eigenvalue weighted by Crippen LogP contribution is -2.58. The van der Waals surface area contributed by atoms with E-state index in [2.05, 4.69) is 5.32 Å². The Labute approximate surface area is 228 Å². The zero-order valence-corrected chi connectivity index (χ0v) is 21.4. The van der Waals surface area contributed by atoms with Gasteiger partial charge in [-0.2, -0.15) is 0 Å². The fourth-order valence-corrected chi connectivity index (χ4v) is 5.73. The molecule has 0 aromatic heterocycles. The van der Waals surface area contributed by atoms with E-state index in [0.29, 0.717) is 11.1 Å². The van der Waals surface area contributed by atoms with Gasteiger partial charge in [-0.1, -0.05) is 42.5 Å². The number of rotatable bonds is 8. The topological polar surface area (TPSA) is 156 Å². The average Bonchev–Trinajstić information content (AvgIpc) is 3.43. The lowest BCUT2D eigenvalue weighted by Gasteiger charge is -2.33. The molecule has 2 heterocycles. The van der Waals surface area contributed by atoms with E-state index in [9.17, 15) is 34.4 Å². The molecule has 2 N–H and O–H groups in total. The molecule has 4 atom stereocenters. The third-order valence-electron chi connectivity index (χ3n) is 7.43. The number of anilines is 1. The van der Waals surface area contributed by atoms with E-state index in [4.69, 9.17) is 4.74 Å². The molecule has 0 unspecified atom stereocenters. The smallest absolute Gasteiger partial charge is 0.335 e. The lowest BCUT2D eigenvalue weighted by molar-refractivity contribution is -0.384. The molecule has 2 saturated heterocycles. The maximum absolute atomic E-state index is 14.1. The Kier molecular flexibility index (Phi) is 6.90. The van der Waals surface area contributed by atoms with E-state index in [-0.39, 0.29) is 30.0 Å². The molecule has 204 valence electrons. The third-order valence-corrected chi connectivity index (χ3v) is 7.43. The van der Waals surface area contributed by atoms with Crippen molar-refractivity contribution in [3.05, 3.63) is 106 Å². The highest BCUT2D eigenvalue weighted by atomic mass is 16.6. The molecular weight excluding hydrogens is 518 g/mol. The number of carboxylic acid groups (broad SMARTS) is 1. The first kappa shape index (κ1) is 26.7. The molecule has 0 saturated carbocycles. The highest BCUT2D eigenvalue weighted by Gasteiger charge is 2.69. The molecule has 11 nitrogen and oxygen atoms in total. The van der Waals surface area contributed by atoms with Crippen LogP contribution in [0.2, 0.25) is 0 Å². The van der Waals surface area contributed by atoms with Crippen LogP contribution in [0.1, 0.15) is 34.5 Å². The standard InChI is InChI=1S/C29H25N3O8/c1-2-40-28(37)29(16-17-7-4-3-5-8-17)23-22(24(30-29)19-9-6-10-21(15-19)32(38)39)25(33)31(26(23)34)20-13-11-18(12-14-20)27(35)36/h3-15,22-24,30H,2,16H2,1H3,(H,35,36)/t22-,23-,24-,29-/m0/s1. The van der Waals surface area contributed by atoms with Crippen LogP contribution >= 0.6 is 0 Å². The first-order chi connectivity index (χ1) is 19.2. The van der Waals surface area contributed by atoms with Gasteiger partial charge in [-0.05, 0) is 42.3 Å². The fourth-order valence-electron chi connectivity index (χ4n) is 5.73. The van der Waals surface area contributed by atoms with Crippen LogP contribution in [0, 0.1) is 22.0 Å². The number of fused-ring (bicyclic) bond motifs is 1. The van der Waals surface area contributed by atoms with Crippen LogP contribution < -0.4 is 10.2 Å².